The first-order valence-corrected chi connectivity index (χ1v) is 8.24. The molecule has 1 aromatic carbocycles. The molecule has 1 aliphatic heterocycles. The molecule has 1 atom stereocenters. The predicted octanol–water partition coefficient (Wildman–Crippen LogP) is 2.88. The SMILES string of the molecule is COc1ccc(OC2CCN(C(=O)C(C)OC(C)C)CC2)cc1. The van der Waals surface area contributed by atoms with Gasteiger partial charge in [-0.1, -0.05) is 0 Å². The Morgan fingerprint density at radius 2 is 1.65 bits per heavy atom. The van der Waals surface area contributed by atoms with Gasteiger partial charge in [-0.2, -0.15) is 0 Å². The van der Waals surface area contributed by atoms with E-state index >= 15 is 0 Å². The average Bonchev–Trinajstić information content (AvgIpc) is 2.55. The molecular weight excluding hydrogens is 294 g/mol. The van der Waals surface area contributed by atoms with Gasteiger partial charge in [0.25, 0.3) is 5.91 Å². The summed E-state index contributed by atoms with van der Waals surface area (Å²) < 4.78 is 16.7. The normalized spacial score (nSPS) is 17.2. The summed E-state index contributed by atoms with van der Waals surface area (Å²) in [7, 11) is 1.65. The number of carbonyl (C=O) groups is 1. The molecule has 1 aromatic rings. The quantitative estimate of drug-likeness (QED) is 0.808. The van der Waals surface area contributed by atoms with E-state index in [-0.39, 0.29) is 24.2 Å². The number of ether oxygens (including phenoxy) is 3. The molecule has 1 saturated heterocycles. The number of likely N-dealkylation sites (tertiary alicyclic amines) is 1. The van der Waals surface area contributed by atoms with E-state index < -0.39 is 0 Å². The number of hydrogen-bond acceptors (Lipinski definition) is 4. The van der Waals surface area contributed by atoms with Crippen LogP contribution in [0.5, 0.6) is 11.5 Å². The van der Waals surface area contributed by atoms with Gasteiger partial charge in [0.1, 0.15) is 23.7 Å². The number of hydrogen-bond donors (Lipinski definition) is 0. The van der Waals surface area contributed by atoms with E-state index in [9.17, 15) is 4.79 Å². The molecule has 0 N–H and O–H groups in total. The van der Waals surface area contributed by atoms with Crippen LogP contribution >= 0.6 is 0 Å². The molecule has 2 rings (SSSR count). The lowest BCUT2D eigenvalue weighted by Crippen LogP contribution is -2.46. The van der Waals surface area contributed by atoms with Crippen LogP contribution in [0.3, 0.4) is 0 Å². The van der Waals surface area contributed by atoms with Crippen LogP contribution in [-0.2, 0) is 9.53 Å². The highest BCUT2D eigenvalue weighted by molar-refractivity contribution is 5.80. The van der Waals surface area contributed by atoms with Crippen LogP contribution in [0.4, 0.5) is 0 Å². The van der Waals surface area contributed by atoms with Gasteiger partial charge in [0.05, 0.1) is 13.2 Å². The first kappa shape index (κ1) is 17.6. The van der Waals surface area contributed by atoms with Crippen molar-refractivity contribution >= 4 is 5.91 Å². The zero-order valence-electron chi connectivity index (χ0n) is 14.5. The molecule has 1 unspecified atom stereocenters. The third-order valence-corrected chi connectivity index (χ3v) is 3.94. The van der Waals surface area contributed by atoms with Crippen LogP contribution < -0.4 is 9.47 Å². The third kappa shape index (κ3) is 5.13. The highest BCUT2D eigenvalue weighted by Crippen LogP contribution is 2.22. The number of amides is 1. The van der Waals surface area contributed by atoms with Crippen LogP contribution in [0.15, 0.2) is 24.3 Å². The van der Waals surface area contributed by atoms with E-state index in [0.717, 1.165) is 24.3 Å². The summed E-state index contributed by atoms with van der Waals surface area (Å²) in [5.41, 5.74) is 0. The Labute approximate surface area is 138 Å². The first-order valence-electron chi connectivity index (χ1n) is 8.24. The van der Waals surface area contributed by atoms with Crippen molar-refractivity contribution in [2.24, 2.45) is 0 Å². The highest BCUT2D eigenvalue weighted by Gasteiger charge is 2.27. The van der Waals surface area contributed by atoms with E-state index in [0.29, 0.717) is 13.1 Å². The van der Waals surface area contributed by atoms with Crippen molar-refractivity contribution in [2.45, 2.75) is 51.9 Å². The van der Waals surface area contributed by atoms with E-state index in [2.05, 4.69) is 0 Å². The zero-order chi connectivity index (χ0) is 16.8. The molecule has 0 bridgehead atoms. The number of piperidine rings is 1. The molecule has 5 nitrogen and oxygen atoms in total. The summed E-state index contributed by atoms with van der Waals surface area (Å²) in [6.45, 7) is 7.14. The fraction of sp³-hybridized carbons (Fsp3) is 0.611. The van der Waals surface area contributed by atoms with Gasteiger partial charge in [-0.3, -0.25) is 4.79 Å². The molecule has 1 amide bonds. The minimum Gasteiger partial charge on any atom is -0.497 e. The summed E-state index contributed by atoms with van der Waals surface area (Å²) in [6, 6.07) is 7.60. The second-order valence-corrected chi connectivity index (χ2v) is 6.15. The van der Waals surface area contributed by atoms with E-state index in [1.807, 2.05) is 49.9 Å². The number of methoxy groups -OCH3 is 1. The fourth-order valence-electron chi connectivity index (χ4n) is 2.76. The second-order valence-electron chi connectivity index (χ2n) is 6.15. The topological polar surface area (TPSA) is 48.0 Å². The fourth-order valence-corrected chi connectivity index (χ4v) is 2.76. The monoisotopic (exact) mass is 321 g/mol. The lowest BCUT2D eigenvalue weighted by Gasteiger charge is -2.34. The van der Waals surface area contributed by atoms with Crippen molar-refractivity contribution in [1.82, 2.24) is 4.90 Å². The van der Waals surface area contributed by atoms with Gasteiger partial charge < -0.3 is 19.1 Å². The number of carbonyl (C=O) groups excluding carboxylic acids is 1. The standard InChI is InChI=1S/C18H27NO4/c1-13(2)22-14(3)18(20)19-11-9-17(10-12-19)23-16-7-5-15(21-4)6-8-16/h5-8,13-14,17H,9-12H2,1-4H3. The van der Waals surface area contributed by atoms with Crippen LogP contribution in [0.25, 0.3) is 0 Å². The predicted molar refractivity (Wildman–Crippen MR) is 88.9 cm³/mol. The van der Waals surface area contributed by atoms with Gasteiger partial charge in [-0.15, -0.1) is 0 Å². The van der Waals surface area contributed by atoms with Gasteiger partial charge >= 0.3 is 0 Å². The maximum Gasteiger partial charge on any atom is 0.251 e. The summed E-state index contributed by atoms with van der Waals surface area (Å²) in [5, 5.41) is 0. The number of benzene rings is 1. The van der Waals surface area contributed by atoms with Crippen molar-refractivity contribution in [3.05, 3.63) is 24.3 Å². The minimum atomic E-state index is -0.381. The average molecular weight is 321 g/mol. The molecule has 0 spiro atoms. The lowest BCUT2D eigenvalue weighted by molar-refractivity contribution is -0.146. The van der Waals surface area contributed by atoms with Crippen LogP contribution in [0, 0.1) is 0 Å². The van der Waals surface area contributed by atoms with E-state index in [4.69, 9.17) is 14.2 Å². The van der Waals surface area contributed by atoms with Crippen LogP contribution in [0.2, 0.25) is 0 Å². The molecule has 1 heterocycles. The Morgan fingerprint density at radius 1 is 1.09 bits per heavy atom. The minimum absolute atomic E-state index is 0.0601. The number of rotatable bonds is 6. The summed E-state index contributed by atoms with van der Waals surface area (Å²) in [5.74, 6) is 1.73. The van der Waals surface area contributed by atoms with Crippen molar-refractivity contribution in [1.29, 1.82) is 0 Å². The van der Waals surface area contributed by atoms with Gasteiger partial charge in [-0.05, 0) is 45.0 Å². The molecule has 1 fully saturated rings. The molecule has 128 valence electrons. The molecule has 0 saturated carbocycles. The molecule has 0 aliphatic carbocycles. The maximum absolute atomic E-state index is 12.3. The summed E-state index contributed by atoms with van der Waals surface area (Å²) in [4.78, 5) is 14.2. The Hall–Kier alpha value is -1.75. The first-order chi connectivity index (χ1) is 11.0. The largest absolute Gasteiger partial charge is 0.497 e. The molecule has 23 heavy (non-hydrogen) atoms. The molecule has 0 aromatic heterocycles. The van der Waals surface area contributed by atoms with E-state index in [1.54, 1.807) is 7.11 Å². The second kappa shape index (κ2) is 8.20. The molecular formula is C18H27NO4. The van der Waals surface area contributed by atoms with Gasteiger partial charge in [0, 0.05) is 25.9 Å². The van der Waals surface area contributed by atoms with Crippen LogP contribution in [-0.4, -0.2) is 49.3 Å². The zero-order valence-corrected chi connectivity index (χ0v) is 14.5. The van der Waals surface area contributed by atoms with Crippen LogP contribution in [0.1, 0.15) is 33.6 Å². The maximum atomic E-state index is 12.3. The molecule has 1 aliphatic rings. The van der Waals surface area contributed by atoms with Crippen molar-refractivity contribution < 1.29 is 19.0 Å². The van der Waals surface area contributed by atoms with Crippen molar-refractivity contribution in [3.8, 4) is 11.5 Å². The Morgan fingerprint density at radius 3 is 2.17 bits per heavy atom. The van der Waals surface area contributed by atoms with Gasteiger partial charge in [0.2, 0.25) is 0 Å². The summed E-state index contributed by atoms with van der Waals surface area (Å²) >= 11 is 0. The third-order valence-electron chi connectivity index (χ3n) is 3.94. The Kier molecular flexibility index (Phi) is 6.28. The Balaban J connectivity index is 1.80. The van der Waals surface area contributed by atoms with Crippen molar-refractivity contribution in [2.75, 3.05) is 20.2 Å². The van der Waals surface area contributed by atoms with Gasteiger partial charge in [-0.25, -0.2) is 0 Å². The number of nitrogens with zero attached hydrogens (tertiary/aromatic N) is 1. The van der Waals surface area contributed by atoms with Crippen molar-refractivity contribution in [3.63, 3.8) is 0 Å². The smallest absolute Gasteiger partial charge is 0.251 e. The highest BCUT2D eigenvalue weighted by atomic mass is 16.5. The molecule has 0 radical (unpaired) electrons. The van der Waals surface area contributed by atoms with E-state index in [1.165, 1.54) is 0 Å². The lowest BCUT2D eigenvalue weighted by atomic mass is 10.1. The van der Waals surface area contributed by atoms with Gasteiger partial charge in [0.15, 0.2) is 0 Å². The summed E-state index contributed by atoms with van der Waals surface area (Å²) in [6.07, 6.45) is 1.51. The molecule has 5 heteroatoms. The Bertz CT molecular complexity index is 492.